The Hall–Kier alpha value is -3.48. The number of aromatic amines is 1. The largest absolute Gasteiger partial charge is 0.383 e. The van der Waals surface area contributed by atoms with Crippen LogP contribution in [0.5, 0.6) is 0 Å². The molecule has 2 aromatic carbocycles. The molecule has 2 aromatic heterocycles. The van der Waals surface area contributed by atoms with E-state index in [-0.39, 0.29) is 5.82 Å². The summed E-state index contributed by atoms with van der Waals surface area (Å²) in [5.41, 5.74) is 7.97. The number of nitrogen functional groups attached to an aromatic ring is 1. The molecule has 6 nitrogen and oxygen atoms in total. The zero-order chi connectivity index (χ0) is 16.5. The lowest BCUT2D eigenvalue weighted by Crippen LogP contribution is -1.99. The highest BCUT2D eigenvalue weighted by molar-refractivity contribution is 5.97. The summed E-state index contributed by atoms with van der Waals surface area (Å²) in [6.07, 6.45) is 0. The van der Waals surface area contributed by atoms with Crippen LogP contribution in [0.15, 0.2) is 54.6 Å². The van der Waals surface area contributed by atoms with Gasteiger partial charge in [0.15, 0.2) is 11.5 Å². The van der Waals surface area contributed by atoms with Gasteiger partial charge in [-0.15, -0.1) is 0 Å². The Balaban J connectivity index is 1.77. The van der Waals surface area contributed by atoms with E-state index in [1.165, 1.54) is 12.1 Å². The van der Waals surface area contributed by atoms with Gasteiger partial charge in [-0.05, 0) is 18.2 Å². The van der Waals surface area contributed by atoms with Gasteiger partial charge in [-0.25, -0.2) is 14.4 Å². The summed E-state index contributed by atoms with van der Waals surface area (Å²) in [6.45, 7) is 0. The molecule has 118 valence electrons. The van der Waals surface area contributed by atoms with Crippen molar-refractivity contribution in [2.75, 3.05) is 11.1 Å². The first-order chi connectivity index (χ1) is 11.7. The maximum atomic E-state index is 13.3. The maximum absolute atomic E-state index is 13.3. The summed E-state index contributed by atoms with van der Waals surface area (Å²) < 4.78 is 13.3. The van der Waals surface area contributed by atoms with Gasteiger partial charge in [0.2, 0.25) is 0 Å². The predicted molar refractivity (Wildman–Crippen MR) is 91.2 cm³/mol. The lowest BCUT2D eigenvalue weighted by Gasteiger charge is -2.06. The van der Waals surface area contributed by atoms with Gasteiger partial charge in [-0.1, -0.05) is 36.4 Å². The van der Waals surface area contributed by atoms with Crippen molar-refractivity contribution < 1.29 is 4.39 Å². The van der Waals surface area contributed by atoms with Crippen molar-refractivity contribution in [1.82, 2.24) is 20.2 Å². The average Bonchev–Trinajstić information content (AvgIpc) is 2.99. The highest BCUT2D eigenvalue weighted by Crippen LogP contribution is 2.29. The molecule has 0 atom stereocenters. The minimum atomic E-state index is -0.334. The summed E-state index contributed by atoms with van der Waals surface area (Å²) in [5, 5.41) is 10.6. The third-order valence-electron chi connectivity index (χ3n) is 3.57. The molecular weight excluding hydrogens is 307 g/mol. The highest BCUT2D eigenvalue weighted by Gasteiger charge is 2.14. The third-order valence-corrected chi connectivity index (χ3v) is 3.57. The zero-order valence-corrected chi connectivity index (χ0v) is 12.5. The van der Waals surface area contributed by atoms with E-state index in [0.717, 1.165) is 5.56 Å². The quantitative estimate of drug-likeness (QED) is 0.537. The van der Waals surface area contributed by atoms with Crippen molar-refractivity contribution in [3.05, 3.63) is 60.4 Å². The van der Waals surface area contributed by atoms with E-state index < -0.39 is 0 Å². The fraction of sp³-hybridized carbons (Fsp3) is 0. The maximum Gasteiger partial charge on any atom is 0.188 e. The molecule has 4 rings (SSSR count). The fourth-order valence-corrected chi connectivity index (χ4v) is 2.47. The summed E-state index contributed by atoms with van der Waals surface area (Å²) in [7, 11) is 0. The number of benzene rings is 2. The number of nitrogens with zero attached hydrogens (tertiary/aromatic N) is 3. The Bertz CT molecular complexity index is 1010. The Morgan fingerprint density at radius 3 is 2.62 bits per heavy atom. The van der Waals surface area contributed by atoms with Crippen molar-refractivity contribution in [3.63, 3.8) is 0 Å². The molecule has 2 heterocycles. The molecule has 0 bridgehead atoms. The van der Waals surface area contributed by atoms with Crippen LogP contribution in [0.3, 0.4) is 0 Å². The standard InChI is InChI=1S/C17H13FN6/c18-11-7-4-8-12(9-11)20-16-13-14(19)21-15(22-17(13)24-23-16)10-5-2-1-3-6-10/h1-9H,(H4,19,20,21,22,23,24). The monoisotopic (exact) mass is 320 g/mol. The molecule has 4 aromatic rings. The molecular formula is C17H13FN6. The number of nitrogens with two attached hydrogens (primary N) is 1. The summed E-state index contributed by atoms with van der Waals surface area (Å²) in [4.78, 5) is 8.79. The third kappa shape index (κ3) is 2.52. The van der Waals surface area contributed by atoms with E-state index >= 15 is 0 Å². The average molecular weight is 320 g/mol. The van der Waals surface area contributed by atoms with E-state index in [1.54, 1.807) is 12.1 Å². The Labute approximate surface area is 136 Å². The smallest absolute Gasteiger partial charge is 0.188 e. The van der Waals surface area contributed by atoms with Crippen LogP contribution in [-0.2, 0) is 0 Å². The second kappa shape index (κ2) is 5.62. The van der Waals surface area contributed by atoms with Crippen LogP contribution in [0.25, 0.3) is 22.4 Å². The van der Waals surface area contributed by atoms with Crippen LogP contribution in [-0.4, -0.2) is 20.2 Å². The van der Waals surface area contributed by atoms with Crippen molar-refractivity contribution in [2.24, 2.45) is 0 Å². The molecule has 0 saturated heterocycles. The molecule has 4 N–H and O–H groups in total. The van der Waals surface area contributed by atoms with Crippen molar-refractivity contribution in [1.29, 1.82) is 0 Å². The molecule has 0 amide bonds. The number of hydrogen-bond donors (Lipinski definition) is 3. The first-order valence-electron chi connectivity index (χ1n) is 7.30. The van der Waals surface area contributed by atoms with E-state index in [9.17, 15) is 4.39 Å². The van der Waals surface area contributed by atoms with Crippen LogP contribution < -0.4 is 11.1 Å². The Kier molecular flexibility index (Phi) is 3.31. The number of rotatable bonds is 3. The molecule has 0 fully saturated rings. The van der Waals surface area contributed by atoms with E-state index in [2.05, 4.69) is 25.5 Å². The van der Waals surface area contributed by atoms with Crippen LogP contribution in [0.4, 0.5) is 21.7 Å². The van der Waals surface area contributed by atoms with Gasteiger partial charge in [0, 0.05) is 11.3 Å². The first-order valence-corrected chi connectivity index (χ1v) is 7.30. The molecule has 0 aliphatic carbocycles. The van der Waals surface area contributed by atoms with Crippen molar-refractivity contribution in [3.8, 4) is 11.4 Å². The first kappa shape index (κ1) is 14.1. The zero-order valence-electron chi connectivity index (χ0n) is 12.5. The van der Waals surface area contributed by atoms with Gasteiger partial charge >= 0.3 is 0 Å². The van der Waals surface area contributed by atoms with Crippen molar-refractivity contribution in [2.45, 2.75) is 0 Å². The van der Waals surface area contributed by atoms with Gasteiger partial charge < -0.3 is 11.1 Å². The molecule has 0 saturated carbocycles. The van der Waals surface area contributed by atoms with Gasteiger partial charge in [0.25, 0.3) is 0 Å². The number of H-pyrrole nitrogens is 1. The normalized spacial score (nSPS) is 10.9. The van der Waals surface area contributed by atoms with Gasteiger partial charge in [-0.2, -0.15) is 5.10 Å². The van der Waals surface area contributed by atoms with Crippen LogP contribution >= 0.6 is 0 Å². The molecule has 7 heteroatoms. The fourth-order valence-electron chi connectivity index (χ4n) is 2.47. The van der Waals surface area contributed by atoms with E-state index in [0.29, 0.717) is 34.2 Å². The molecule has 24 heavy (non-hydrogen) atoms. The lowest BCUT2D eigenvalue weighted by molar-refractivity contribution is 0.628. The minimum absolute atomic E-state index is 0.298. The highest BCUT2D eigenvalue weighted by atomic mass is 19.1. The summed E-state index contributed by atoms with van der Waals surface area (Å²) >= 11 is 0. The number of nitrogens with one attached hydrogen (secondary N) is 2. The lowest BCUT2D eigenvalue weighted by atomic mass is 10.2. The molecule has 0 spiro atoms. The van der Waals surface area contributed by atoms with Crippen LogP contribution in [0.2, 0.25) is 0 Å². The number of halogens is 1. The predicted octanol–water partition coefficient (Wildman–Crippen LogP) is 3.48. The van der Waals surface area contributed by atoms with Crippen LogP contribution in [0.1, 0.15) is 0 Å². The second-order valence-corrected chi connectivity index (χ2v) is 5.23. The minimum Gasteiger partial charge on any atom is -0.383 e. The van der Waals surface area contributed by atoms with E-state index in [1.807, 2.05) is 30.3 Å². The second-order valence-electron chi connectivity index (χ2n) is 5.23. The number of hydrogen-bond acceptors (Lipinski definition) is 5. The molecule has 0 aliphatic rings. The molecule has 0 aliphatic heterocycles. The SMILES string of the molecule is Nc1nc(-c2ccccc2)nc2n[nH]c(Nc3cccc(F)c3)c12. The summed E-state index contributed by atoms with van der Waals surface area (Å²) in [5.74, 6) is 0.989. The van der Waals surface area contributed by atoms with Gasteiger partial charge in [0.05, 0.1) is 0 Å². The van der Waals surface area contributed by atoms with Crippen molar-refractivity contribution >= 4 is 28.4 Å². The van der Waals surface area contributed by atoms with Gasteiger partial charge in [-0.3, -0.25) is 5.10 Å². The summed E-state index contributed by atoms with van der Waals surface area (Å²) in [6, 6.07) is 15.6. The number of anilines is 3. The molecule has 0 unspecified atom stereocenters. The number of fused-ring (bicyclic) bond motifs is 1. The van der Waals surface area contributed by atoms with Crippen LogP contribution in [0, 0.1) is 5.82 Å². The Morgan fingerprint density at radius 1 is 1.00 bits per heavy atom. The van der Waals surface area contributed by atoms with Gasteiger partial charge in [0.1, 0.15) is 22.8 Å². The van der Waals surface area contributed by atoms with E-state index in [4.69, 9.17) is 5.73 Å². The molecule has 0 radical (unpaired) electrons. The number of aromatic nitrogens is 4. The topological polar surface area (TPSA) is 92.5 Å². The Morgan fingerprint density at radius 2 is 1.83 bits per heavy atom.